The smallest absolute Gasteiger partial charge is 0.316 e. The van der Waals surface area contributed by atoms with Gasteiger partial charge in [-0.15, -0.1) is 0 Å². The zero-order chi connectivity index (χ0) is 13.3. The first-order valence-electron chi connectivity index (χ1n) is 5.65. The van der Waals surface area contributed by atoms with Gasteiger partial charge in [0.1, 0.15) is 11.5 Å². The lowest BCUT2D eigenvalue weighted by molar-refractivity contribution is -0.143. The van der Waals surface area contributed by atoms with Crippen LogP contribution in [0.2, 0.25) is 0 Å². The van der Waals surface area contributed by atoms with Crippen LogP contribution in [0.3, 0.4) is 0 Å². The zero-order valence-electron chi connectivity index (χ0n) is 10.6. The number of esters is 1. The van der Waals surface area contributed by atoms with Gasteiger partial charge in [0.15, 0.2) is 6.61 Å². The lowest BCUT2D eigenvalue weighted by atomic mass is 9.97. The number of hydrogen-bond acceptors (Lipinski definition) is 4. The Labute approximate surface area is 105 Å². The van der Waals surface area contributed by atoms with E-state index in [1.807, 2.05) is 0 Å². The number of carbonyl (C=O) groups excluding carboxylic acids is 2. The second-order valence-corrected chi connectivity index (χ2v) is 5.13. The number of amides is 1. The molecular weight excluding hydrogens is 234 g/mol. The quantitative estimate of drug-likeness (QED) is 0.610. The van der Waals surface area contributed by atoms with Crippen LogP contribution in [-0.2, 0) is 9.59 Å². The maximum absolute atomic E-state index is 11.7. The van der Waals surface area contributed by atoms with Gasteiger partial charge in [-0.25, -0.2) is 0 Å². The second-order valence-electron chi connectivity index (χ2n) is 5.13. The normalized spacial score (nSPS) is 14.3. The fourth-order valence-electron chi connectivity index (χ4n) is 1.38. The molecule has 5 heteroatoms. The molecule has 0 atom stereocenters. The Balaban J connectivity index is 2.17. The monoisotopic (exact) mass is 249 g/mol. The molecule has 1 N–H and O–H groups in total. The molecule has 1 heterocycles. The molecule has 1 aliphatic heterocycles. The summed E-state index contributed by atoms with van der Waals surface area (Å²) in [6, 6.07) is 4.87. The predicted octanol–water partition coefficient (Wildman–Crippen LogP) is 1.97. The molecule has 5 nitrogen and oxygen atoms in total. The van der Waals surface area contributed by atoms with Crippen molar-refractivity contribution >= 4 is 17.6 Å². The van der Waals surface area contributed by atoms with Crippen molar-refractivity contribution in [1.29, 1.82) is 0 Å². The molecular formula is C13H15NO4. The van der Waals surface area contributed by atoms with E-state index in [1.54, 1.807) is 39.0 Å². The van der Waals surface area contributed by atoms with E-state index in [4.69, 9.17) is 9.47 Å². The third-order valence-corrected chi connectivity index (χ3v) is 2.41. The minimum Gasteiger partial charge on any atom is -0.481 e. The number of nitrogens with one attached hydrogen (secondary N) is 1. The van der Waals surface area contributed by atoms with Gasteiger partial charge in [-0.1, -0.05) is 0 Å². The van der Waals surface area contributed by atoms with Crippen LogP contribution in [0.4, 0.5) is 5.69 Å². The van der Waals surface area contributed by atoms with Crippen molar-refractivity contribution in [2.45, 2.75) is 20.8 Å². The van der Waals surface area contributed by atoms with Gasteiger partial charge in [0.05, 0.1) is 11.1 Å². The molecule has 1 aromatic rings. The Morgan fingerprint density at radius 1 is 1.39 bits per heavy atom. The van der Waals surface area contributed by atoms with Crippen LogP contribution in [-0.4, -0.2) is 18.5 Å². The number of rotatable bonds is 1. The maximum Gasteiger partial charge on any atom is 0.316 e. The van der Waals surface area contributed by atoms with Gasteiger partial charge in [0, 0.05) is 6.07 Å². The van der Waals surface area contributed by atoms with Crippen molar-refractivity contribution < 1.29 is 19.1 Å². The van der Waals surface area contributed by atoms with Gasteiger partial charge >= 0.3 is 5.97 Å². The number of anilines is 1. The van der Waals surface area contributed by atoms with E-state index in [-0.39, 0.29) is 18.5 Å². The van der Waals surface area contributed by atoms with Crippen LogP contribution in [0.15, 0.2) is 18.2 Å². The van der Waals surface area contributed by atoms with E-state index >= 15 is 0 Å². The Morgan fingerprint density at radius 2 is 2.11 bits per heavy atom. The minimum atomic E-state index is -0.565. The van der Waals surface area contributed by atoms with Crippen molar-refractivity contribution in [2.24, 2.45) is 5.41 Å². The SMILES string of the molecule is CC(C)(C)C(=O)Oc1ccc2c(c1)OCC(=O)N2. The van der Waals surface area contributed by atoms with Crippen molar-refractivity contribution in [2.75, 3.05) is 11.9 Å². The van der Waals surface area contributed by atoms with Crippen LogP contribution in [0, 0.1) is 5.41 Å². The van der Waals surface area contributed by atoms with Crippen LogP contribution < -0.4 is 14.8 Å². The van der Waals surface area contributed by atoms with Crippen LogP contribution in [0.5, 0.6) is 11.5 Å². The van der Waals surface area contributed by atoms with Gasteiger partial charge in [-0.2, -0.15) is 0 Å². The molecule has 0 unspecified atom stereocenters. The Morgan fingerprint density at radius 3 is 2.78 bits per heavy atom. The average Bonchev–Trinajstić information content (AvgIpc) is 2.28. The van der Waals surface area contributed by atoms with E-state index in [1.165, 1.54) is 0 Å². The van der Waals surface area contributed by atoms with Gasteiger partial charge in [0.25, 0.3) is 5.91 Å². The summed E-state index contributed by atoms with van der Waals surface area (Å²) in [7, 11) is 0. The number of benzene rings is 1. The molecule has 18 heavy (non-hydrogen) atoms. The first-order valence-corrected chi connectivity index (χ1v) is 5.65. The highest BCUT2D eigenvalue weighted by Gasteiger charge is 2.24. The average molecular weight is 249 g/mol. The first kappa shape index (κ1) is 12.4. The molecule has 0 saturated carbocycles. The topological polar surface area (TPSA) is 64.6 Å². The van der Waals surface area contributed by atoms with Gasteiger partial charge in [-0.3, -0.25) is 9.59 Å². The maximum atomic E-state index is 11.7. The standard InChI is InChI=1S/C13H15NO4/c1-13(2,3)12(16)18-8-4-5-9-10(6-8)17-7-11(15)14-9/h4-6H,7H2,1-3H3,(H,14,15). The third-order valence-electron chi connectivity index (χ3n) is 2.41. The molecule has 0 bridgehead atoms. The summed E-state index contributed by atoms with van der Waals surface area (Å²) < 4.78 is 10.5. The molecule has 1 aromatic carbocycles. The molecule has 0 aliphatic carbocycles. The summed E-state index contributed by atoms with van der Waals surface area (Å²) in [4.78, 5) is 22.8. The number of hydrogen-bond donors (Lipinski definition) is 1. The van der Waals surface area contributed by atoms with E-state index < -0.39 is 5.41 Å². The van der Waals surface area contributed by atoms with E-state index in [9.17, 15) is 9.59 Å². The first-order chi connectivity index (χ1) is 8.36. The van der Waals surface area contributed by atoms with E-state index in [0.717, 1.165) is 0 Å². The zero-order valence-corrected chi connectivity index (χ0v) is 10.6. The predicted molar refractivity (Wildman–Crippen MR) is 65.7 cm³/mol. The fourth-order valence-corrected chi connectivity index (χ4v) is 1.38. The summed E-state index contributed by atoms with van der Waals surface area (Å²) in [6.07, 6.45) is 0. The molecule has 1 amide bonds. The fraction of sp³-hybridized carbons (Fsp3) is 0.385. The molecule has 1 aliphatic rings. The van der Waals surface area contributed by atoms with Crippen molar-refractivity contribution in [3.05, 3.63) is 18.2 Å². The van der Waals surface area contributed by atoms with Crippen molar-refractivity contribution in [1.82, 2.24) is 0 Å². The molecule has 96 valence electrons. The molecule has 0 spiro atoms. The Bertz CT molecular complexity index is 502. The summed E-state index contributed by atoms with van der Waals surface area (Å²) >= 11 is 0. The van der Waals surface area contributed by atoms with Crippen molar-refractivity contribution in [3.8, 4) is 11.5 Å². The van der Waals surface area contributed by atoms with Crippen LogP contribution >= 0.6 is 0 Å². The van der Waals surface area contributed by atoms with Crippen molar-refractivity contribution in [3.63, 3.8) is 0 Å². The van der Waals surface area contributed by atoms with E-state index in [2.05, 4.69) is 5.32 Å². The number of fused-ring (bicyclic) bond motifs is 1. The Kier molecular flexibility index (Phi) is 2.98. The van der Waals surface area contributed by atoms with Gasteiger partial charge in [0.2, 0.25) is 0 Å². The summed E-state index contributed by atoms with van der Waals surface area (Å²) in [5.74, 6) is 0.405. The molecule has 2 rings (SSSR count). The molecule has 0 saturated heterocycles. The summed E-state index contributed by atoms with van der Waals surface area (Å²) in [5.41, 5.74) is 0.0205. The van der Waals surface area contributed by atoms with Crippen LogP contribution in [0.1, 0.15) is 20.8 Å². The van der Waals surface area contributed by atoms with Gasteiger partial charge < -0.3 is 14.8 Å². The Hall–Kier alpha value is -2.04. The number of ether oxygens (including phenoxy) is 2. The minimum absolute atomic E-state index is 0.0241. The highest BCUT2D eigenvalue weighted by atomic mass is 16.5. The summed E-state index contributed by atoms with van der Waals surface area (Å²) in [6.45, 7) is 5.32. The van der Waals surface area contributed by atoms with E-state index in [0.29, 0.717) is 17.2 Å². The largest absolute Gasteiger partial charge is 0.481 e. The highest BCUT2D eigenvalue weighted by Crippen LogP contribution is 2.32. The van der Waals surface area contributed by atoms with Crippen LogP contribution in [0.25, 0.3) is 0 Å². The second kappa shape index (κ2) is 4.33. The lowest BCUT2D eigenvalue weighted by Crippen LogP contribution is -2.26. The lowest BCUT2D eigenvalue weighted by Gasteiger charge is -2.20. The highest BCUT2D eigenvalue weighted by molar-refractivity contribution is 5.95. The van der Waals surface area contributed by atoms with Gasteiger partial charge in [-0.05, 0) is 32.9 Å². The third kappa shape index (κ3) is 2.61. The summed E-state index contributed by atoms with van der Waals surface area (Å²) in [5, 5.41) is 2.67. The number of carbonyl (C=O) groups is 2. The molecule has 0 radical (unpaired) electrons. The molecule has 0 fully saturated rings. The molecule has 0 aromatic heterocycles.